The molecule has 1 saturated heterocycles. The number of carbonyl (C=O) groups excluding carboxylic acids is 1. The average Bonchev–Trinajstić information content (AvgIpc) is 3.05. The second-order valence-corrected chi connectivity index (χ2v) is 7.47. The Morgan fingerprint density at radius 3 is 2.56 bits per heavy atom. The molecule has 6 nitrogen and oxygen atoms in total. The van der Waals surface area contributed by atoms with E-state index in [0.29, 0.717) is 12.1 Å². The maximum atomic E-state index is 12.5. The molecule has 1 unspecified atom stereocenters. The number of fused-ring (bicyclic) bond motifs is 1. The van der Waals surface area contributed by atoms with Crippen molar-refractivity contribution in [1.29, 1.82) is 0 Å². The molecule has 0 aliphatic carbocycles. The SMILES string of the molecule is CCC(C)N1Cc2nc(N3CCN(Cc4ccccc4)CC3)ncc2C1=O. The number of benzene rings is 1. The number of hydrogen-bond donors (Lipinski definition) is 0. The first kappa shape index (κ1) is 17.9. The van der Waals surface area contributed by atoms with Crippen molar-refractivity contribution >= 4 is 11.9 Å². The third-order valence-electron chi connectivity index (χ3n) is 5.69. The van der Waals surface area contributed by atoms with Gasteiger partial charge in [-0.2, -0.15) is 0 Å². The number of anilines is 1. The van der Waals surface area contributed by atoms with Crippen molar-refractivity contribution in [2.75, 3.05) is 31.1 Å². The zero-order valence-electron chi connectivity index (χ0n) is 16.1. The highest BCUT2D eigenvalue weighted by molar-refractivity contribution is 5.97. The van der Waals surface area contributed by atoms with Crippen molar-refractivity contribution in [3.63, 3.8) is 0 Å². The third kappa shape index (κ3) is 3.67. The molecule has 1 atom stereocenters. The average molecular weight is 365 g/mol. The van der Waals surface area contributed by atoms with Crippen LogP contribution in [0, 0.1) is 0 Å². The predicted octanol–water partition coefficient (Wildman–Crippen LogP) is 2.55. The molecule has 0 radical (unpaired) electrons. The summed E-state index contributed by atoms with van der Waals surface area (Å²) in [5.74, 6) is 0.825. The van der Waals surface area contributed by atoms with Crippen LogP contribution in [0.15, 0.2) is 36.5 Å². The van der Waals surface area contributed by atoms with E-state index < -0.39 is 0 Å². The van der Waals surface area contributed by atoms with E-state index in [0.717, 1.165) is 50.8 Å². The van der Waals surface area contributed by atoms with E-state index >= 15 is 0 Å². The van der Waals surface area contributed by atoms with Gasteiger partial charge >= 0.3 is 0 Å². The van der Waals surface area contributed by atoms with Crippen molar-refractivity contribution in [3.8, 4) is 0 Å². The van der Waals surface area contributed by atoms with Gasteiger partial charge in [-0.25, -0.2) is 9.97 Å². The van der Waals surface area contributed by atoms with Crippen LogP contribution >= 0.6 is 0 Å². The Morgan fingerprint density at radius 2 is 1.85 bits per heavy atom. The van der Waals surface area contributed by atoms with Crippen molar-refractivity contribution in [2.24, 2.45) is 0 Å². The second-order valence-electron chi connectivity index (χ2n) is 7.47. The monoisotopic (exact) mass is 365 g/mol. The normalized spacial score (nSPS) is 18.7. The van der Waals surface area contributed by atoms with Crippen molar-refractivity contribution < 1.29 is 4.79 Å². The molecule has 1 aromatic carbocycles. The Balaban J connectivity index is 1.39. The fraction of sp³-hybridized carbons (Fsp3) is 0.476. The van der Waals surface area contributed by atoms with Crippen molar-refractivity contribution in [2.45, 2.75) is 39.4 Å². The van der Waals surface area contributed by atoms with Crippen LogP contribution in [0.4, 0.5) is 5.95 Å². The molecule has 27 heavy (non-hydrogen) atoms. The van der Waals surface area contributed by atoms with Gasteiger partial charge in [-0.05, 0) is 18.9 Å². The largest absolute Gasteiger partial charge is 0.338 e. The fourth-order valence-corrected chi connectivity index (χ4v) is 3.77. The topological polar surface area (TPSA) is 52.6 Å². The van der Waals surface area contributed by atoms with Gasteiger partial charge in [0.2, 0.25) is 5.95 Å². The minimum absolute atomic E-state index is 0.0681. The Labute approximate surface area is 160 Å². The first-order chi connectivity index (χ1) is 13.2. The van der Waals surface area contributed by atoms with E-state index in [1.54, 1.807) is 6.20 Å². The molecule has 6 heteroatoms. The molecule has 0 spiro atoms. The Kier molecular flexibility index (Phi) is 5.07. The number of nitrogens with zero attached hydrogens (tertiary/aromatic N) is 5. The summed E-state index contributed by atoms with van der Waals surface area (Å²) in [6.45, 7) is 9.59. The lowest BCUT2D eigenvalue weighted by Gasteiger charge is -2.34. The van der Waals surface area contributed by atoms with Crippen LogP contribution in [0.25, 0.3) is 0 Å². The number of rotatable bonds is 5. The van der Waals surface area contributed by atoms with Crippen LogP contribution in [-0.2, 0) is 13.1 Å². The minimum atomic E-state index is 0.0681. The maximum absolute atomic E-state index is 12.5. The highest BCUT2D eigenvalue weighted by atomic mass is 16.2. The van der Waals surface area contributed by atoms with Gasteiger partial charge in [0.25, 0.3) is 5.91 Å². The number of carbonyl (C=O) groups is 1. The molecular formula is C21H27N5O. The molecule has 4 rings (SSSR count). The first-order valence-corrected chi connectivity index (χ1v) is 9.84. The highest BCUT2D eigenvalue weighted by Crippen LogP contribution is 2.25. The number of hydrogen-bond acceptors (Lipinski definition) is 5. The Hall–Kier alpha value is -2.47. The maximum Gasteiger partial charge on any atom is 0.257 e. The summed E-state index contributed by atoms with van der Waals surface area (Å²) in [4.78, 5) is 28.4. The summed E-state index contributed by atoms with van der Waals surface area (Å²) in [6.07, 6.45) is 2.67. The lowest BCUT2D eigenvalue weighted by molar-refractivity contribution is 0.0712. The lowest BCUT2D eigenvalue weighted by Crippen LogP contribution is -2.46. The molecule has 3 heterocycles. The smallest absolute Gasteiger partial charge is 0.257 e. The summed E-state index contributed by atoms with van der Waals surface area (Å²) in [5, 5.41) is 0. The Bertz CT molecular complexity index is 801. The van der Waals surface area contributed by atoms with E-state index in [4.69, 9.17) is 4.98 Å². The van der Waals surface area contributed by atoms with Gasteiger partial charge in [0.1, 0.15) is 0 Å². The molecule has 1 aromatic heterocycles. The molecule has 0 N–H and O–H groups in total. The summed E-state index contributed by atoms with van der Waals surface area (Å²) in [7, 11) is 0. The van der Waals surface area contributed by atoms with Gasteiger partial charge in [0, 0.05) is 45.0 Å². The zero-order chi connectivity index (χ0) is 18.8. The molecule has 0 saturated carbocycles. The standard InChI is InChI=1S/C21H27N5O/c1-3-16(2)26-15-19-18(20(26)27)13-22-21(23-19)25-11-9-24(10-12-25)14-17-7-5-4-6-8-17/h4-8,13,16H,3,9-12,14-15H2,1-2H3. The van der Waals surface area contributed by atoms with Gasteiger partial charge in [-0.3, -0.25) is 9.69 Å². The molecule has 142 valence electrons. The quantitative estimate of drug-likeness (QED) is 0.815. The van der Waals surface area contributed by atoms with Crippen LogP contribution in [0.1, 0.15) is 41.9 Å². The van der Waals surface area contributed by atoms with E-state index in [9.17, 15) is 4.79 Å². The van der Waals surface area contributed by atoms with Crippen molar-refractivity contribution in [3.05, 3.63) is 53.3 Å². The van der Waals surface area contributed by atoms with Gasteiger partial charge in [0.15, 0.2) is 0 Å². The van der Waals surface area contributed by atoms with E-state index in [1.165, 1.54) is 5.56 Å². The highest BCUT2D eigenvalue weighted by Gasteiger charge is 2.32. The Morgan fingerprint density at radius 1 is 1.11 bits per heavy atom. The minimum Gasteiger partial charge on any atom is -0.338 e. The molecule has 1 fully saturated rings. The third-order valence-corrected chi connectivity index (χ3v) is 5.69. The van der Waals surface area contributed by atoms with Crippen LogP contribution in [0.5, 0.6) is 0 Å². The van der Waals surface area contributed by atoms with Crippen LogP contribution in [0.2, 0.25) is 0 Å². The molecule has 1 amide bonds. The molecule has 0 bridgehead atoms. The van der Waals surface area contributed by atoms with E-state index in [2.05, 4.69) is 59.0 Å². The van der Waals surface area contributed by atoms with Crippen LogP contribution in [0.3, 0.4) is 0 Å². The molecule has 2 aliphatic rings. The van der Waals surface area contributed by atoms with E-state index in [1.807, 2.05) is 4.90 Å². The number of amides is 1. The predicted molar refractivity (Wildman–Crippen MR) is 106 cm³/mol. The van der Waals surface area contributed by atoms with Gasteiger partial charge < -0.3 is 9.80 Å². The summed E-state index contributed by atoms with van der Waals surface area (Å²) < 4.78 is 0. The van der Waals surface area contributed by atoms with Crippen LogP contribution in [-0.4, -0.2) is 57.9 Å². The van der Waals surface area contributed by atoms with Gasteiger partial charge in [0.05, 0.1) is 17.8 Å². The zero-order valence-corrected chi connectivity index (χ0v) is 16.1. The fourth-order valence-electron chi connectivity index (χ4n) is 3.77. The number of piperazine rings is 1. The summed E-state index contributed by atoms with van der Waals surface area (Å²) in [5.41, 5.74) is 2.89. The molecular weight excluding hydrogens is 338 g/mol. The lowest BCUT2D eigenvalue weighted by atomic mass is 10.2. The number of aromatic nitrogens is 2. The molecule has 2 aliphatic heterocycles. The summed E-state index contributed by atoms with van der Waals surface area (Å²) in [6, 6.07) is 10.8. The van der Waals surface area contributed by atoms with Gasteiger partial charge in [-0.15, -0.1) is 0 Å². The molecule has 2 aromatic rings. The van der Waals surface area contributed by atoms with Gasteiger partial charge in [-0.1, -0.05) is 37.3 Å². The van der Waals surface area contributed by atoms with Crippen LogP contribution < -0.4 is 4.90 Å². The van der Waals surface area contributed by atoms with Crippen molar-refractivity contribution in [1.82, 2.24) is 19.8 Å². The summed E-state index contributed by atoms with van der Waals surface area (Å²) >= 11 is 0. The van der Waals surface area contributed by atoms with E-state index in [-0.39, 0.29) is 11.9 Å². The second kappa shape index (κ2) is 7.64. The first-order valence-electron chi connectivity index (χ1n) is 9.84.